The number of ether oxygens (including phenoxy) is 3. The van der Waals surface area contributed by atoms with Gasteiger partial charge < -0.3 is 29.7 Å². The highest BCUT2D eigenvalue weighted by molar-refractivity contribution is 5.82. The predicted octanol–water partition coefficient (Wildman–Crippen LogP) is 7.01. The zero-order chi connectivity index (χ0) is 39.2. The Morgan fingerprint density at radius 2 is 1.24 bits per heavy atom. The summed E-state index contributed by atoms with van der Waals surface area (Å²) >= 11 is 0. The van der Waals surface area contributed by atoms with Gasteiger partial charge in [-0.3, -0.25) is 14.5 Å². The van der Waals surface area contributed by atoms with Crippen LogP contribution in [0.4, 0.5) is 13.2 Å². The average Bonchev–Trinajstić information content (AvgIpc) is 3.82. The summed E-state index contributed by atoms with van der Waals surface area (Å²) in [6.07, 6.45) is -5.08. The Balaban J connectivity index is 0.000000672. The number of amides is 1. The number of benzene rings is 5. The van der Waals surface area contributed by atoms with Crippen molar-refractivity contribution in [3.05, 3.63) is 161 Å². The van der Waals surface area contributed by atoms with Crippen molar-refractivity contribution in [2.24, 2.45) is 5.92 Å². The van der Waals surface area contributed by atoms with Crippen LogP contribution >= 0.6 is 0 Å². The van der Waals surface area contributed by atoms with Crippen molar-refractivity contribution in [1.29, 1.82) is 0 Å². The molecule has 10 nitrogen and oxygen atoms in total. The predicted molar refractivity (Wildman–Crippen MR) is 195 cm³/mol. The van der Waals surface area contributed by atoms with E-state index in [2.05, 4.69) is 5.32 Å². The van der Waals surface area contributed by atoms with Crippen LogP contribution in [0.3, 0.4) is 0 Å². The Kier molecular flexibility index (Phi) is 11.4. The van der Waals surface area contributed by atoms with Gasteiger partial charge in [0.05, 0.1) is 19.6 Å². The maximum Gasteiger partial charge on any atom is 0.490 e. The number of carboxylic acids is 2. The quantitative estimate of drug-likeness (QED) is 0.129. The van der Waals surface area contributed by atoms with Gasteiger partial charge in [-0.25, -0.2) is 4.79 Å². The first-order valence-electron chi connectivity index (χ1n) is 17.2. The first-order chi connectivity index (χ1) is 26.4. The first-order valence-corrected chi connectivity index (χ1v) is 17.2. The second-order valence-electron chi connectivity index (χ2n) is 12.9. The molecule has 0 aliphatic carbocycles. The molecule has 0 unspecified atom stereocenters. The van der Waals surface area contributed by atoms with Crippen molar-refractivity contribution in [2.45, 2.75) is 23.7 Å². The van der Waals surface area contributed by atoms with Crippen LogP contribution in [-0.2, 0) is 19.9 Å². The third kappa shape index (κ3) is 8.26. The van der Waals surface area contributed by atoms with Gasteiger partial charge in [0.2, 0.25) is 12.7 Å². The number of carbonyl (C=O) groups is 3. The van der Waals surface area contributed by atoms with Gasteiger partial charge in [-0.05, 0) is 52.1 Å². The van der Waals surface area contributed by atoms with Crippen molar-refractivity contribution in [2.75, 3.05) is 27.0 Å². The minimum absolute atomic E-state index is 0.0320. The Bertz CT molecular complexity index is 2000. The fraction of sp³-hybridized carbons (Fsp3) is 0.214. The van der Waals surface area contributed by atoms with E-state index in [0.29, 0.717) is 23.8 Å². The van der Waals surface area contributed by atoms with Crippen LogP contribution in [0.15, 0.2) is 133 Å². The SMILES string of the molecule is COc1ccc([C@H]2[C@H](C(=O)O)[C@@H](c3ccc4c(c3)OCO4)CN2CC(=O)NC(c2ccccc2)(c2ccccc2)c2ccccc2)cc1.O=C(O)C(F)(F)F. The van der Waals surface area contributed by atoms with Crippen molar-refractivity contribution < 1.29 is 52.0 Å². The van der Waals surface area contributed by atoms with E-state index in [-0.39, 0.29) is 19.2 Å². The largest absolute Gasteiger partial charge is 0.497 e. The lowest BCUT2D eigenvalue weighted by Crippen LogP contribution is -2.51. The van der Waals surface area contributed by atoms with E-state index in [4.69, 9.17) is 24.1 Å². The molecule has 0 spiro atoms. The fourth-order valence-corrected chi connectivity index (χ4v) is 7.29. The number of halogens is 3. The number of nitrogens with zero attached hydrogens (tertiary/aromatic N) is 1. The van der Waals surface area contributed by atoms with Crippen LogP contribution in [-0.4, -0.2) is 66.1 Å². The molecule has 284 valence electrons. The van der Waals surface area contributed by atoms with E-state index in [1.165, 1.54) is 0 Å². The average molecular weight is 755 g/mol. The van der Waals surface area contributed by atoms with E-state index < -0.39 is 41.5 Å². The Morgan fingerprint density at radius 1 is 0.745 bits per heavy atom. The summed E-state index contributed by atoms with van der Waals surface area (Å²) < 4.78 is 48.3. The number of carboxylic acid groups (broad SMARTS) is 2. The highest BCUT2D eigenvalue weighted by Crippen LogP contribution is 2.48. The maximum absolute atomic E-state index is 14.5. The second-order valence-corrected chi connectivity index (χ2v) is 12.9. The molecule has 1 saturated heterocycles. The van der Waals surface area contributed by atoms with Crippen LogP contribution in [0.25, 0.3) is 0 Å². The zero-order valence-electron chi connectivity index (χ0n) is 29.5. The molecule has 7 rings (SSSR count). The van der Waals surface area contributed by atoms with E-state index >= 15 is 0 Å². The normalized spacial score (nSPS) is 17.8. The van der Waals surface area contributed by atoms with Crippen LogP contribution in [0.1, 0.15) is 39.8 Å². The van der Waals surface area contributed by atoms with Crippen molar-refractivity contribution in [1.82, 2.24) is 10.2 Å². The summed E-state index contributed by atoms with van der Waals surface area (Å²) in [6, 6.07) is 42.2. The first kappa shape index (κ1) is 38.4. The van der Waals surface area contributed by atoms with Crippen molar-refractivity contribution in [3.8, 4) is 17.2 Å². The molecule has 3 N–H and O–H groups in total. The van der Waals surface area contributed by atoms with E-state index in [1.807, 2.05) is 138 Å². The van der Waals surface area contributed by atoms with Gasteiger partial charge in [0.1, 0.15) is 11.3 Å². The number of likely N-dealkylation sites (tertiary alicyclic amines) is 1. The van der Waals surface area contributed by atoms with Crippen molar-refractivity contribution >= 4 is 17.8 Å². The second kappa shape index (κ2) is 16.4. The van der Waals surface area contributed by atoms with Gasteiger partial charge in [-0.1, -0.05) is 109 Å². The Labute approximate surface area is 314 Å². The Hall–Kier alpha value is -6.34. The summed E-state index contributed by atoms with van der Waals surface area (Å²) in [6.45, 7) is 0.435. The highest BCUT2D eigenvalue weighted by Gasteiger charge is 2.49. The molecule has 0 aromatic heterocycles. The number of methoxy groups -OCH3 is 1. The minimum atomic E-state index is -5.08. The lowest BCUT2D eigenvalue weighted by atomic mass is 9.77. The molecule has 55 heavy (non-hydrogen) atoms. The molecule has 1 amide bonds. The molecule has 0 bridgehead atoms. The molecule has 3 atom stereocenters. The maximum atomic E-state index is 14.5. The smallest absolute Gasteiger partial charge is 0.490 e. The third-order valence-corrected chi connectivity index (χ3v) is 9.70. The lowest BCUT2D eigenvalue weighted by molar-refractivity contribution is -0.192. The molecular formula is C42H37F3N2O8. The van der Waals surface area contributed by atoms with Crippen LogP contribution in [0.5, 0.6) is 17.2 Å². The monoisotopic (exact) mass is 754 g/mol. The van der Waals surface area contributed by atoms with Gasteiger partial charge in [0, 0.05) is 18.5 Å². The molecule has 13 heteroatoms. The number of carbonyl (C=O) groups excluding carboxylic acids is 1. The molecule has 5 aromatic carbocycles. The summed E-state index contributed by atoms with van der Waals surface area (Å²) in [5.41, 5.74) is 3.33. The third-order valence-electron chi connectivity index (χ3n) is 9.70. The number of hydrogen-bond acceptors (Lipinski definition) is 7. The molecule has 2 aliphatic rings. The summed E-state index contributed by atoms with van der Waals surface area (Å²) in [5, 5.41) is 21.3. The summed E-state index contributed by atoms with van der Waals surface area (Å²) in [7, 11) is 1.59. The number of fused-ring (bicyclic) bond motifs is 1. The zero-order valence-corrected chi connectivity index (χ0v) is 29.5. The number of alkyl halides is 3. The summed E-state index contributed by atoms with van der Waals surface area (Å²) in [5.74, 6) is -3.30. The molecule has 1 fully saturated rings. The standard InChI is InChI=1S/C40H36N2O6.C2HF3O2/c1-46-32-20-17-27(18-21-32)38-37(39(44)45)33(28-19-22-34-35(23-28)48-26-47-34)24-42(38)25-36(43)41-40(29-11-5-2-6-12-29,30-13-7-3-8-14-30)31-15-9-4-10-16-31;3-2(4,5)1(6)7/h2-23,33,37-38H,24-26H2,1H3,(H,41,43)(H,44,45);(H,6,7)/t33-,37-,38+;/m1./s1. The minimum Gasteiger partial charge on any atom is -0.497 e. The van der Waals surface area contributed by atoms with E-state index in [9.17, 15) is 27.9 Å². The molecular weight excluding hydrogens is 717 g/mol. The number of hydrogen-bond donors (Lipinski definition) is 3. The van der Waals surface area contributed by atoms with Crippen molar-refractivity contribution in [3.63, 3.8) is 0 Å². The number of rotatable bonds is 10. The van der Waals surface area contributed by atoms with Crippen LogP contribution in [0.2, 0.25) is 0 Å². The number of aliphatic carboxylic acids is 2. The van der Waals surface area contributed by atoms with E-state index in [1.54, 1.807) is 7.11 Å². The van der Waals surface area contributed by atoms with Gasteiger partial charge in [-0.15, -0.1) is 0 Å². The number of nitrogens with one attached hydrogen (secondary N) is 1. The molecule has 0 radical (unpaired) electrons. The Morgan fingerprint density at radius 3 is 1.71 bits per heavy atom. The van der Waals surface area contributed by atoms with Crippen LogP contribution < -0.4 is 19.5 Å². The van der Waals surface area contributed by atoms with Gasteiger partial charge in [0.15, 0.2) is 11.5 Å². The highest BCUT2D eigenvalue weighted by atomic mass is 19.4. The van der Waals surface area contributed by atoms with Gasteiger partial charge >= 0.3 is 18.1 Å². The van der Waals surface area contributed by atoms with Gasteiger partial charge in [0.25, 0.3) is 0 Å². The molecule has 0 saturated carbocycles. The molecule has 2 aliphatic heterocycles. The van der Waals surface area contributed by atoms with E-state index in [0.717, 1.165) is 27.8 Å². The topological polar surface area (TPSA) is 135 Å². The van der Waals surface area contributed by atoms with Crippen LogP contribution in [0, 0.1) is 5.92 Å². The van der Waals surface area contributed by atoms with Gasteiger partial charge in [-0.2, -0.15) is 13.2 Å². The summed E-state index contributed by atoms with van der Waals surface area (Å²) in [4.78, 5) is 38.5. The fourth-order valence-electron chi connectivity index (χ4n) is 7.29. The lowest BCUT2D eigenvalue weighted by Gasteiger charge is -2.37. The molecule has 5 aromatic rings. The molecule has 2 heterocycles.